The van der Waals surface area contributed by atoms with Crippen LogP contribution in [0, 0.1) is 6.92 Å². The minimum atomic E-state index is -0.344. The lowest BCUT2D eigenvalue weighted by molar-refractivity contribution is -0.159. The summed E-state index contributed by atoms with van der Waals surface area (Å²) in [6, 6.07) is 9.51. The van der Waals surface area contributed by atoms with E-state index >= 15 is 0 Å². The molecule has 1 saturated heterocycles. The van der Waals surface area contributed by atoms with Gasteiger partial charge in [-0.15, -0.1) is 11.3 Å². The third-order valence-electron chi connectivity index (χ3n) is 4.07. The molecule has 1 aliphatic rings. The second kappa shape index (κ2) is 7.83. The largest absolute Gasteiger partial charge is 0.362 e. The molecule has 0 radical (unpaired) electrons. The van der Waals surface area contributed by atoms with Crippen LogP contribution in [0.3, 0.4) is 0 Å². The Morgan fingerprint density at radius 1 is 1.14 bits per heavy atom. The number of anilines is 2. The van der Waals surface area contributed by atoms with Crippen molar-refractivity contribution >= 4 is 34.8 Å². The summed E-state index contributed by atoms with van der Waals surface area (Å²) >= 11 is 1.40. The molecule has 8 nitrogen and oxygen atoms in total. The Bertz CT molecular complexity index is 1020. The average molecular weight is 395 g/mol. The summed E-state index contributed by atoms with van der Waals surface area (Å²) in [5, 5.41) is 3.86. The van der Waals surface area contributed by atoms with E-state index in [1.165, 1.54) is 16.2 Å². The summed E-state index contributed by atoms with van der Waals surface area (Å²) in [6.45, 7) is 1.99. The molecule has 142 valence electrons. The molecule has 0 aromatic carbocycles. The second-order valence-electron chi connectivity index (χ2n) is 6.24. The number of thiazole rings is 1. The van der Waals surface area contributed by atoms with Crippen molar-refractivity contribution in [3.8, 4) is 10.6 Å². The van der Waals surface area contributed by atoms with Crippen molar-refractivity contribution in [3.05, 3.63) is 53.3 Å². The molecule has 1 fully saturated rings. The maximum absolute atomic E-state index is 11.9. The monoisotopic (exact) mass is 395 g/mol. The topological polar surface area (TPSA) is 97.3 Å². The number of hydrogen-bond donors (Lipinski definition) is 1. The van der Waals surface area contributed by atoms with E-state index in [1.807, 2.05) is 37.3 Å². The van der Waals surface area contributed by atoms with E-state index in [1.54, 1.807) is 12.4 Å². The molecular weight excluding hydrogens is 378 g/mol. The standard InChI is InChI=1S/C19H17N5O3S/c1-12-5-6-20-16(7-12)23-15-4-2-3-13(22-15)14-8-21-17(28-14)9-24-18(25)10-27-11-19(24)26/h2-8H,9-11H2,1H3,(H,20,22,23). The lowest BCUT2D eigenvalue weighted by Crippen LogP contribution is -2.45. The Kier molecular flexibility index (Phi) is 5.09. The quantitative estimate of drug-likeness (QED) is 0.663. The van der Waals surface area contributed by atoms with Crippen molar-refractivity contribution in [3.63, 3.8) is 0 Å². The van der Waals surface area contributed by atoms with Crippen LogP contribution < -0.4 is 5.32 Å². The van der Waals surface area contributed by atoms with Crippen LogP contribution in [-0.2, 0) is 20.9 Å². The Labute approximate surface area is 165 Å². The number of carbonyl (C=O) groups is 2. The fourth-order valence-electron chi connectivity index (χ4n) is 2.71. The van der Waals surface area contributed by atoms with Crippen molar-refractivity contribution in [1.29, 1.82) is 0 Å². The highest BCUT2D eigenvalue weighted by atomic mass is 32.1. The number of imide groups is 1. The molecule has 3 aromatic rings. The highest BCUT2D eigenvalue weighted by molar-refractivity contribution is 7.15. The Morgan fingerprint density at radius 3 is 2.75 bits per heavy atom. The molecule has 0 spiro atoms. The van der Waals surface area contributed by atoms with Crippen LogP contribution in [0.4, 0.5) is 11.6 Å². The van der Waals surface area contributed by atoms with E-state index in [2.05, 4.69) is 20.3 Å². The zero-order chi connectivity index (χ0) is 19.5. The molecule has 3 aromatic heterocycles. The van der Waals surface area contributed by atoms with E-state index in [-0.39, 0.29) is 31.6 Å². The van der Waals surface area contributed by atoms with Crippen LogP contribution >= 0.6 is 11.3 Å². The number of morpholine rings is 1. The number of nitrogens with one attached hydrogen (secondary N) is 1. The van der Waals surface area contributed by atoms with Crippen molar-refractivity contribution in [1.82, 2.24) is 19.9 Å². The van der Waals surface area contributed by atoms with Gasteiger partial charge >= 0.3 is 0 Å². The molecule has 9 heteroatoms. The minimum Gasteiger partial charge on any atom is -0.362 e. The molecule has 2 amide bonds. The number of aryl methyl sites for hydroxylation is 1. The zero-order valence-corrected chi connectivity index (χ0v) is 15.9. The number of hydrogen-bond acceptors (Lipinski definition) is 8. The van der Waals surface area contributed by atoms with Gasteiger partial charge in [0.05, 0.1) is 17.1 Å². The van der Waals surface area contributed by atoms with Gasteiger partial charge in [-0.25, -0.2) is 15.0 Å². The predicted molar refractivity (Wildman–Crippen MR) is 104 cm³/mol. The number of aromatic nitrogens is 3. The van der Waals surface area contributed by atoms with E-state index in [0.29, 0.717) is 10.8 Å². The first-order valence-electron chi connectivity index (χ1n) is 8.61. The maximum Gasteiger partial charge on any atom is 0.255 e. The SMILES string of the molecule is Cc1ccnc(Nc2cccc(-c3cnc(CN4C(=O)COCC4=O)s3)n2)c1. The first kappa shape index (κ1) is 18.2. The highest BCUT2D eigenvalue weighted by Gasteiger charge is 2.27. The average Bonchev–Trinajstić information content (AvgIpc) is 3.14. The summed E-state index contributed by atoms with van der Waals surface area (Å²) in [5.41, 5.74) is 1.86. The molecule has 0 saturated carbocycles. The summed E-state index contributed by atoms with van der Waals surface area (Å²) in [4.78, 5) is 39.0. The predicted octanol–water partition coefficient (Wildman–Crippen LogP) is 2.54. The van der Waals surface area contributed by atoms with Crippen molar-refractivity contribution in [2.75, 3.05) is 18.5 Å². The van der Waals surface area contributed by atoms with Crippen LogP contribution in [0.15, 0.2) is 42.7 Å². The van der Waals surface area contributed by atoms with Gasteiger partial charge in [-0.3, -0.25) is 14.5 Å². The number of rotatable bonds is 5. The van der Waals surface area contributed by atoms with Crippen LogP contribution in [0.2, 0.25) is 0 Å². The fraction of sp³-hybridized carbons (Fsp3) is 0.211. The van der Waals surface area contributed by atoms with Crippen LogP contribution in [0.1, 0.15) is 10.6 Å². The summed E-state index contributed by atoms with van der Waals surface area (Å²) in [6.07, 6.45) is 3.44. The Balaban J connectivity index is 1.51. The van der Waals surface area contributed by atoms with Gasteiger partial charge < -0.3 is 10.1 Å². The molecule has 1 N–H and O–H groups in total. The minimum absolute atomic E-state index is 0.0771. The Hall–Kier alpha value is -3.17. The zero-order valence-electron chi connectivity index (χ0n) is 15.1. The number of pyridine rings is 2. The lowest BCUT2D eigenvalue weighted by Gasteiger charge is -2.23. The van der Waals surface area contributed by atoms with Gasteiger partial charge in [0, 0.05) is 12.4 Å². The molecule has 28 heavy (non-hydrogen) atoms. The first-order valence-corrected chi connectivity index (χ1v) is 9.43. The van der Waals surface area contributed by atoms with E-state index in [4.69, 9.17) is 4.74 Å². The van der Waals surface area contributed by atoms with E-state index in [0.717, 1.165) is 22.0 Å². The van der Waals surface area contributed by atoms with Crippen LogP contribution in [0.5, 0.6) is 0 Å². The smallest absolute Gasteiger partial charge is 0.255 e. The van der Waals surface area contributed by atoms with Crippen LogP contribution in [-0.4, -0.2) is 44.9 Å². The van der Waals surface area contributed by atoms with Crippen LogP contribution in [0.25, 0.3) is 10.6 Å². The van der Waals surface area contributed by atoms with Gasteiger partial charge in [0.1, 0.15) is 29.9 Å². The molecule has 0 atom stereocenters. The molecule has 1 aliphatic heterocycles. The third-order valence-corrected chi connectivity index (χ3v) is 5.08. The van der Waals surface area contributed by atoms with Gasteiger partial charge in [-0.2, -0.15) is 0 Å². The van der Waals surface area contributed by atoms with Crippen molar-refractivity contribution < 1.29 is 14.3 Å². The number of amides is 2. The molecular formula is C19H17N5O3S. The van der Waals surface area contributed by atoms with E-state index < -0.39 is 0 Å². The molecule has 0 unspecified atom stereocenters. The van der Waals surface area contributed by atoms with Crippen molar-refractivity contribution in [2.24, 2.45) is 0 Å². The van der Waals surface area contributed by atoms with Gasteiger partial charge in [0.15, 0.2) is 0 Å². The molecule has 0 aliphatic carbocycles. The molecule has 4 heterocycles. The fourth-order valence-corrected chi connectivity index (χ4v) is 3.59. The van der Waals surface area contributed by atoms with Crippen molar-refractivity contribution in [2.45, 2.75) is 13.5 Å². The maximum atomic E-state index is 11.9. The van der Waals surface area contributed by atoms with Gasteiger partial charge in [-0.1, -0.05) is 6.07 Å². The lowest BCUT2D eigenvalue weighted by atomic mass is 10.3. The number of carbonyl (C=O) groups excluding carboxylic acids is 2. The van der Waals surface area contributed by atoms with Gasteiger partial charge in [0.25, 0.3) is 11.8 Å². The highest BCUT2D eigenvalue weighted by Crippen LogP contribution is 2.27. The summed E-state index contributed by atoms with van der Waals surface area (Å²) in [5.74, 6) is 0.703. The molecule has 0 bridgehead atoms. The molecule has 4 rings (SSSR count). The second-order valence-corrected chi connectivity index (χ2v) is 7.35. The van der Waals surface area contributed by atoms with Gasteiger partial charge in [-0.05, 0) is 36.8 Å². The Morgan fingerprint density at radius 2 is 1.96 bits per heavy atom. The number of nitrogens with zero attached hydrogens (tertiary/aromatic N) is 4. The first-order chi connectivity index (χ1) is 13.6. The summed E-state index contributed by atoms with van der Waals surface area (Å²) < 4.78 is 4.93. The van der Waals surface area contributed by atoms with E-state index in [9.17, 15) is 9.59 Å². The van der Waals surface area contributed by atoms with Gasteiger partial charge in [0.2, 0.25) is 0 Å². The summed E-state index contributed by atoms with van der Waals surface area (Å²) in [7, 11) is 0. The normalized spacial score (nSPS) is 14.4. The third kappa shape index (κ3) is 4.05. The number of ether oxygens (including phenoxy) is 1.